The minimum atomic E-state index is -0.864. The molecule has 19 heavy (non-hydrogen) atoms. The molecule has 0 heterocycles. The minimum Gasteiger partial charge on any atom is -0.481 e. The number of carbonyl (C=O) groups is 2. The van der Waals surface area contributed by atoms with Gasteiger partial charge in [0.25, 0.3) is 0 Å². The molecular weight excluding hydrogens is 248 g/mol. The van der Waals surface area contributed by atoms with Crippen LogP contribution in [0.5, 0.6) is 0 Å². The molecule has 2 aliphatic rings. The topological polar surface area (TPSA) is 87.7 Å². The first-order valence-electron chi connectivity index (χ1n) is 6.99. The molecule has 0 saturated heterocycles. The van der Waals surface area contributed by atoms with Gasteiger partial charge in [-0.2, -0.15) is 0 Å². The lowest BCUT2D eigenvalue weighted by Gasteiger charge is -2.35. The molecule has 1 atom stereocenters. The molecule has 0 spiro atoms. The maximum absolute atomic E-state index is 11.8. The average Bonchev–Trinajstić information content (AvgIpc) is 3.08. The van der Waals surface area contributed by atoms with Gasteiger partial charge >= 0.3 is 12.0 Å². The molecule has 6 nitrogen and oxygen atoms in total. The van der Waals surface area contributed by atoms with Crippen molar-refractivity contribution in [2.45, 2.75) is 57.2 Å². The van der Waals surface area contributed by atoms with Crippen molar-refractivity contribution in [3.05, 3.63) is 0 Å². The van der Waals surface area contributed by atoms with E-state index in [1.54, 1.807) is 0 Å². The number of carboxylic acids is 1. The molecule has 0 aromatic carbocycles. The SMILES string of the molecule is CCOC1CC(NC(=O)NC(CC(=O)O)C2CC2)C1. The zero-order valence-corrected chi connectivity index (χ0v) is 11.2. The van der Waals surface area contributed by atoms with Crippen LogP contribution in [-0.4, -0.2) is 41.9 Å². The number of ether oxygens (including phenoxy) is 1. The fraction of sp³-hybridized carbons (Fsp3) is 0.846. The number of urea groups is 1. The summed E-state index contributed by atoms with van der Waals surface area (Å²) in [6.07, 6.45) is 3.96. The quantitative estimate of drug-likeness (QED) is 0.646. The predicted octanol–water partition coefficient (Wildman–Crippen LogP) is 1.11. The van der Waals surface area contributed by atoms with Gasteiger partial charge in [-0.25, -0.2) is 4.79 Å². The summed E-state index contributed by atoms with van der Waals surface area (Å²) < 4.78 is 5.42. The van der Waals surface area contributed by atoms with Crippen molar-refractivity contribution in [3.63, 3.8) is 0 Å². The highest BCUT2D eigenvalue weighted by molar-refractivity contribution is 5.76. The van der Waals surface area contributed by atoms with Crippen molar-refractivity contribution < 1.29 is 19.4 Å². The van der Waals surface area contributed by atoms with Gasteiger partial charge in [0.05, 0.1) is 12.5 Å². The number of hydrogen-bond donors (Lipinski definition) is 3. The zero-order valence-electron chi connectivity index (χ0n) is 11.2. The van der Waals surface area contributed by atoms with Crippen LogP contribution in [0.3, 0.4) is 0 Å². The number of carboxylic acid groups (broad SMARTS) is 1. The molecule has 0 aliphatic heterocycles. The Labute approximate surface area is 112 Å². The summed E-state index contributed by atoms with van der Waals surface area (Å²) in [6.45, 7) is 2.66. The maximum Gasteiger partial charge on any atom is 0.315 e. The molecule has 2 fully saturated rings. The van der Waals surface area contributed by atoms with Crippen LogP contribution in [0.25, 0.3) is 0 Å². The molecule has 3 N–H and O–H groups in total. The molecule has 0 radical (unpaired) electrons. The Balaban J connectivity index is 1.67. The van der Waals surface area contributed by atoms with Crippen LogP contribution < -0.4 is 10.6 Å². The van der Waals surface area contributed by atoms with Gasteiger partial charge in [-0.1, -0.05) is 0 Å². The van der Waals surface area contributed by atoms with Gasteiger partial charge in [-0.3, -0.25) is 4.79 Å². The van der Waals surface area contributed by atoms with E-state index in [-0.39, 0.29) is 30.6 Å². The van der Waals surface area contributed by atoms with Gasteiger partial charge in [0.2, 0.25) is 0 Å². The summed E-state index contributed by atoms with van der Waals surface area (Å²) in [4.78, 5) is 22.5. The van der Waals surface area contributed by atoms with E-state index in [0.717, 1.165) is 25.7 Å². The van der Waals surface area contributed by atoms with Crippen molar-refractivity contribution in [3.8, 4) is 0 Å². The largest absolute Gasteiger partial charge is 0.481 e. The zero-order chi connectivity index (χ0) is 13.8. The lowest BCUT2D eigenvalue weighted by molar-refractivity contribution is -0.137. The Morgan fingerprint density at radius 3 is 2.58 bits per heavy atom. The fourth-order valence-electron chi connectivity index (χ4n) is 2.47. The monoisotopic (exact) mass is 270 g/mol. The van der Waals surface area contributed by atoms with Crippen LogP contribution in [0.1, 0.15) is 39.0 Å². The second-order valence-corrected chi connectivity index (χ2v) is 5.41. The third-order valence-corrected chi connectivity index (χ3v) is 3.73. The second-order valence-electron chi connectivity index (χ2n) is 5.41. The van der Waals surface area contributed by atoms with Crippen molar-refractivity contribution in [2.24, 2.45) is 5.92 Å². The lowest BCUT2D eigenvalue weighted by Crippen LogP contribution is -2.53. The van der Waals surface area contributed by atoms with E-state index in [2.05, 4.69) is 10.6 Å². The Morgan fingerprint density at radius 1 is 1.37 bits per heavy atom. The second kappa shape index (κ2) is 6.23. The molecule has 6 heteroatoms. The Morgan fingerprint density at radius 2 is 2.05 bits per heavy atom. The van der Waals surface area contributed by atoms with E-state index in [1.165, 1.54) is 0 Å². The molecule has 2 saturated carbocycles. The summed E-state index contributed by atoms with van der Waals surface area (Å²) in [7, 11) is 0. The smallest absolute Gasteiger partial charge is 0.315 e. The van der Waals surface area contributed by atoms with Crippen LogP contribution in [0.15, 0.2) is 0 Å². The number of nitrogens with one attached hydrogen (secondary N) is 2. The first-order valence-corrected chi connectivity index (χ1v) is 6.99. The Bertz CT molecular complexity index is 338. The first-order chi connectivity index (χ1) is 9.08. The summed E-state index contributed by atoms with van der Waals surface area (Å²) in [6, 6.07) is -0.334. The van der Waals surface area contributed by atoms with Crippen molar-refractivity contribution in [1.29, 1.82) is 0 Å². The van der Waals surface area contributed by atoms with Crippen LogP contribution in [0.4, 0.5) is 4.79 Å². The highest BCUT2D eigenvalue weighted by atomic mass is 16.5. The molecule has 108 valence electrons. The van der Waals surface area contributed by atoms with E-state index in [9.17, 15) is 9.59 Å². The standard InChI is InChI=1S/C13H22N2O4/c1-2-19-10-5-9(6-10)14-13(18)15-11(7-12(16)17)8-3-4-8/h8-11H,2-7H2,1H3,(H,16,17)(H2,14,15,18). The summed E-state index contributed by atoms with van der Waals surface area (Å²) >= 11 is 0. The van der Waals surface area contributed by atoms with Crippen molar-refractivity contribution in [1.82, 2.24) is 10.6 Å². The number of hydrogen-bond acceptors (Lipinski definition) is 3. The van der Waals surface area contributed by atoms with Gasteiger partial charge in [0.1, 0.15) is 0 Å². The van der Waals surface area contributed by atoms with Gasteiger partial charge < -0.3 is 20.5 Å². The van der Waals surface area contributed by atoms with Crippen molar-refractivity contribution in [2.75, 3.05) is 6.61 Å². The number of carbonyl (C=O) groups excluding carboxylic acids is 1. The van der Waals surface area contributed by atoms with Gasteiger partial charge in [-0.05, 0) is 38.5 Å². The maximum atomic E-state index is 11.8. The highest BCUT2D eigenvalue weighted by Crippen LogP contribution is 2.34. The van der Waals surface area contributed by atoms with Gasteiger partial charge in [0.15, 0.2) is 0 Å². The van der Waals surface area contributed by atoms with Crippen LogP contribution in [0.2, 0.25) is 0 Å². The van der Waals surface area contributed by atoms with E-state index < -0.39 is 5.97 Å². The van der Waals surface area contributed by atoms with E-state index >= 15 is 0 Å². The third-order valence-electron chi connectivity index (χ3n) is 3.73. The van der Waals surface area contributed by atoms with Crippen LogP contribution in [0, 0.1) is 5.92 Å². The molecule has 0 bridgehead atoms. The molecule has 1 unspecified atom stereocenters. The first kappa shape index (κ1) is 14.1. The van der Waals surface area contributed by atoms with Gasteiger partial charge in [0, 0.05) is 18.7 Å². The molecular formula is C13H22N2O4. The third kappa shape index (κ3) is 4.38. The number of rotatable bonds is 7. The lowest BCUT2D eigenvalue weighted by atomic mass is 9.89. The van der Waals surface area contributed by atoms with Crippen LogP contribution >= 0.6 is 0 Å². The number of amides is 2. The fourth-order valence-corrected chi connectivity index (χ4v) is 2.47. The Kier molecular flexibility index (Phi) is 4.63. The average molecular weight is 270 g/mol. The molecule has 0 aromatic rings. The molecule has 0 aromatic heterocycles. The van der Waals surface area contributed by atoms with Crippen LogP contribution in [-0.2, 0) is 9.53 Å². The van der Waals surface area contributed by atoms with Crippen molar-refractivity contribution >= 4 is 12.0 Å². The van der Waals surface area contributed by atoms with E-state index in [1.807, 2.05) is 6.92 Å². The molecule has 2 aliphatic carbocycles. The normalized spacial score (nSPS) is 27.2. The molecule has 2 amide bonds. The Hall–Kier alpha value is -1.30. The van der Waals surface area contributed by atoms with E-state index in [0.29, 0.717) is 12.5 Å². The minimum absolute atomic E-state index is 0.00429. The highest BCUT2D eigenvalue weighted by Gasteiger charge is 2.35. The predicted molar refractivity (Wildman–Crippen MR) is 68.9 cm³/mol. The molecule has 2 rings (SSSR count). The number of aliphatic carboxylic acids is 1. The summed E-state index contributed by atoms with van der Waals surface area (Å²) in [5.74, 6) is -0.531. The summed E-state index contributed by atoms with van der Waals surface area (Å²) in [5.41, 5.74) is 0. The van der Waals surface area contributed by atoms with Gasteiger partial charge in [-0.15, -0.1) is 0 Å². The summed E-state index contributed by atoms with van der Waals surface area (Å²) in [5, 5.41) is 14.5. The van der Waals surface area contributed by atoms with E-state index in [4.69, 9.17) is 9.84 Å².